The van der Waals surface area contributed by atoms with Crippen molar-refractivity contribution in [3.05, 3.63) is 83.4 Å². The van der Waals surface area contributed by atoms with E-state index in [9.17, 15) is 14.0 Å². The normalized spacial score (nSPS) is 10.4. The molecule has 142 valence electrons. The lowest BCUT2D eigenvalue weighted by molar-refractivity contribution is 0.0952. The van der Waals surface area contributed by atoms with Gasteiger partial charge in [-0.25, -0.2) is 14.4 Å². The number of Topliss-reactive ketones (excluding diaryl/α,β-unsaturated/α-hetero) is 1. The highest BCUT2D eigenvalue weighted by molar-refractivity contribution is 5.95. The van der Waals surface area contributed by atoms with Gasteiger partial charge in [0.15, 0.2) is 5.78 Å². The maximum Gasteiger partial charge on any atom is 0.254 e. The minimum Gasteiger partial charge on any atom is -0.352 e. The molecule has 6 nitrogen and oxygen atoms in total. The number of carbonyl (C=O) groups is 2. The molecule has 2 aromatic carbocycles. The van der Waals surface area contributed by atoms with Gasteiger partial charge in [-0.05, 0) is 43.2 Å². The first-order valence-electron chi connectivity index (χ1n) is 8.74. The number of rotatable bonds is 7. The van der Waals surface area contributed by atoms with Crippen molar-refractivity contribution in [1.82, 2.24) is 15.3 Å². The Hall–Kier alpha value is -3.61. The molecular formula is C21H19FN4O2. The van der Waals surface area contributed by atoms with Crippen LogP contribution in [0.2, 0.25) is 0 Å². The van der Waals surface area contributed by atoms with Crippen molar-refractivity contribution in [1.29, 1.82) is 0 Å². The van der Waals surface area contributed by atoms with Crippen LogP contribution in [0, 0.1) is 5.82 Å². The van der Waals surface area contributed by atoms with Crippen molar-refractivity contribution in [2.24, 2.45) is 0 Å². The van der Waals surface area contributed by atoms with Gasteiger partial charge < -0.3 is 10.6 Å². The van der Waals surface area contributed by atoms with Crippen molar-refractivity contribution >= 4 is 23.3 Å². The largest absolute Gasteiger partial charge is 0.352 e. The molecule has 3 rings (SSSR count). The topological polar surface area (TPSA) is 84.0 Å². The number of amides is 1. The number of carbonyl (C=O) groups excluding carboxylic acids is 2. The number of nitrogens with one attached hydrogen (secondary N) is 2. The number of nitrogens with zero attached hydrogens (tertiary/aromatic N) is 2. The Morgan fingerprint density at radius 2 is 1.71 bits per heavy atom. The summed E-state index contributed by atoms with van der Waals surface area (Å²) >= 11 is 0. The van der Waals surface area contributed by atoms with E-state index < -0.39 is 0 Å². The van der Waals surface area contributed by atoms with E-state index in [-0.39, 0.29) is 17.5 Å². The molecule has 1 heterocycles. The van der Waals surface area contributed by atoms with Crippen LogP contribution in [0.15, 0.2) is 60.9 Å². The minimum absolute atomic E-state index is 0.0303. The second-order valence-corrected chi connectivity index (χ2v) is 6.19. The van der Waals surface area contributed by atoms with E-state index in [1.54, 1.807) is 36.4 Å². The average molecular weight is 378 g/mol. The highest BCUT2D eigenvalue weighted by atomic mass is 19.1. The summed E-state index contributed by atoms with van der Waals surface area (Å²) in [6.07, 6.45) is 3.45. The van der Waals surface area contributed by atoms with Crippen LogP contribution in [0.4, 0.5) is 16.0 Å². The quantitative estimate of drug-likeness (QED) is 0.615. The number of aromatic nitrogens is 2. The minimum atomic E-state index is -0.286. The molecule has 0 aliphatic carbocycles. The van der Waals surface area contributed by atoms with E-state index >= 15 is 0 Å². The Morgan fingerprint density at radius 3 is 2.39 bits per heavy atom. The SMILES string of the molecule is CC(=O)c1cccc(Nc2ncc(C(=O)NCCc3ccc(F)cc3)cn2)c1. The van der Waals surface area contributed by atoms with E-state index in [1.807, 2.05) is 0 Å². The number of benzene rings is 2. The van der Waals surface area contributed by atoms with Crippen LogP contribution < -0.4 is 10.6 Å². The Labute approximate surface area is 161 Å². The Balaban J connectivity index is 1.54. The molecule has 1 amide bonds. The molecule has 0 atom stereocenters. The second kappa shape index (κ2) is 8.85. The molecule has 2 N–H and O–H groups in total. The fourth-order valence-corrected chi connectivity index (χ4v) is 2.53. The summed E-state index contributed by atoms with van der Waals surface area (Å²) in [6.45, 7) is 1.92. The van der Waals surface area contributed by atoms with E-state index in [4.69, 9.17) is 0 Å². The summed E-state index contributed by atoms with van der Waals surface area (Å²) in [5.41, 5.74) is 2.54. The molecule has 7 heteroatoms. The third-order valence-electron chi connectivity index (χ3n) is 4.05. The van der Waals surface area contributed by atoms with Gasteiger partial charge >= 0.3 is 0 Å². The molecule has 0 aliphatic rings. The van der Waals surface area contributed by atoms with E-state index in [2.05, 4.69) is 20.6 Å². The summed E-state index contributed by atoms with van der Waals surface area (Å²) in [6, 6.07) is 13.2. The Kier molecular flexibility index (Phi) is 6.06. The van der Waals surface area contributed by atoms with Gasteiger partial charge in [-0.15, -0.1) is 0 Å². The maximum atomic E-state index is 12.9. The van der Waals surface area contributed by atoms with Crippen molar-refractivity contribution in [2.75, 3.05) is 11.9 Å². The first kappa shape index (κ1) is 19.2. The van der Waals surface area contributed by atoms with Gasteiger partial charge in [0.05, 0.1) is 5.56 Å². The monoisotopic (exact) mass is 378 g/mol. The average Bonchev–Trinajstić information content (AvgIpc) is 2.70. The Morgan fingerprint density at radius 1 is 1.00 bits per heavy atom. The molecule has 0 saturated carbocycles. The molecule has 0 fully saturated rings. The highest BCUT2D eigenvalue weighted by Crippen LogP contribution is 2.15. The molecule has 0 spiro atoms. The fourth-order valence-electron chi connectivity index (χ4n) is 2.53. The summed E-state index contributed by atoms with van der Waals surface area (Å²) < 4.78 is 12.9. The predicted molar refractivity (Wildman–Crippen MR) is 104 cm³/mol. The van der Waals surface area contributed by atoms with Gasteiger partial charge in [-0.1, -0.05) is 24.3 Å². The first-order chi connectivity index (χ1) is 13.5. The van der Waals surface area contributed by atoms with Crippen molar-refractivity contribution in [3.8, 4) is 0 Å². The van der Waals surface area contributed by atoms with Crippen LogP contribution in [0.3, 0.4) is 0 Å². The van der Waals surface area contributed by atoms with Gasteiger partial charge in [-0.2, -0.15) is 0 Å². The number of hydrogen-bond donors (Lipinski definition) is 2. The van der Waals surface area contributed by atoms with Crippen molar-refractivity contribution in [3.63, 3.8) is 0 Å². The fraction of sp³-hybridized carbons (Fsp3) is 0.143. The van der Waals surface area contributed by atoms with Crippen LogP contribution in [0.25, 0.3) is 0 Å². The van der Waals surface area contributed by atoms with Crippen LogP contribution in [-0.4, -0.2) is 28.2 Å². The molecule has 0 aliphatic heterocycles. The van der Waals surface area contributed by atoms with Crippen LogP contribution in [0.1, 0.15) is 33.2 Å². The molecule has 28 heavy (non-hydrogen) atoms. The number of halogens is 1. The lowest BCUT2D eigenvalue weighted by Crippen LogP contribution is -2.26. The molecule has 0 bridgehead atoms. The zero-order valence-corrected chi connectivity index (χ0v) is 15.3. The Bertz CT molecular complexity index is 972. The van der Waals surface area contributed by atoms with Gasteiger partial charge in [0.25, 0.3) is 5.91 Å². The van der Waals surface area contributed by atoms with Gasteiger partial charge in [0.2, 0.25) is 5.95 Å². The molecule has 3 aromatic rings. The summed E-state index contributed by atoms with van der Waals surface area (Å²) in [5, 5.41) is 5.78. The van der Waals surface area contributed by atoms with Crippen LogP contribution >= 0.6 is 0 Å². The molecular weight excluding hydrogens is 359 g/mol. The summed E-state index contributed by atoms with van der Waals surface area (Å²) in [5.74, 6) is -0.278. The third-order valence-corrected chi connectivity index (χ3v) is 4.05. The second-order valence-electron chi connectivity index (χ2n) is 6.19. The van der Waals surface area contributed by atoms with Crippen molar-refractivity contribution in [2.45, 2.75) is 13.3 Å². The predicted octanol–water partition coefficient (Wildman–Crippen LogP) is 3.53. The first-order valence-corrected chi connectivity index (χ1v) is 8.74. The number of anilines is 2. The summed E-state index contributed by atoms with van der Waals surface area (Å²) in [7, 11) is 0. The number of hydrogen-bond acceptors (Lipinski definition) is 5. The smallest absolute Gasteiger partial charge is 0.254 e. The van der Waals surface area contributed by atoms with Crippen LogP contribution in [0.5, 0.6) is 0 Å². The highest BCUT2D eigenvalue weighted by Gasteiger charge is 2.08. The van der Waals surface area contributed by atoms with Gasteiger partial charge in [-0.3, -0.25) is 9.59 Å². The van der Waals surface area contributed by atoms with Crippen LogP contribution in [-0.2, 0) is 6.42 Å². The number of ketones is 1. The van der Waals surface area contributed by atoms with Gasteiger partial charge in [0.1, 0.15) is 5.82 Å². The zero-order valence-electron chi connectivity index (χ0n) is 15.3. The van der Waals surface area contributed by atoms with E-state index in [1.165, 1.54) is 31.5 Å². The lowest BCUT2D eigenvalue weighted by Gasteiger charge is -2.07. The molecule has 0 unspecified atom stereocenters. The molecule has 0 radical (unpaired) electrons. The zero-order chi connectivity index (χ0) is 19.9. The van der Waals surface area contributed by atoms with Crippen molar-refractivity contribution < 1.29 is 14.0 Å². The van der Waals surface area contributed by atoms with E-state index in [0.29, 0.717) is 35.7 Å². The van der Waals surface area contributed by atoms with E-state index in [0.717, 1.165) is 5.56 Å². The lowest BCUT2D eigenvalue weighted by atomic mass is 10.1. The maximum absolute atomic E-state index is 12.9. The molecule has 1 aromatic heterocycles. The standard InChI is InChI=1S/C21H19FN4O2/c1-14(27)16-3-2-4-19(11-16)26-21-24-12-17(13-25-21)20(28)23-10-9-15-5-7-18(22)8-6-15/h2-8,11-13H,9-10H2,1H3,(H,23,28)(H,24,25,26). The third kappa shape index (κ3) is 5.20. The molecule has 0 saturated heterocycles. The summed E-state index contributed by atoms with van der Waals surface area (Å²) in [4.78, 5) is 31.9. The van der Waals surface area contributed by atoms with Gasteiger partial charge in [0, 0.05) is 30.2 Å².